The summed E-state index contributed by atoms with van der Waals surface area (Å²) in [6, 6.07) is 0.924. The molecule has 104 valence electrons. The van der Waals surface area contributed by atoms with Crippen LogP contribution in [0, 0.1) is 11.6 Å². The van der Waals surface area contributed by atoms with Crippen molar-refractivity contribution in [1.82, 2.24) is 4.90 Å². The molecule has 1 rings (SSSR count). The van der Waals surface area contributed by atoms with Gasteiger partial charge in [0, 0.05) is 6.04 Å². The second-order valence-electron chi connectivity index (χ2n) is 4.17. The molecule has 0 aliphatic heterocycles. The summed E-state index contributed by atoms with van der Waals surface area (Å²) in [5.74, 6) is -4.36. The van der Waals surface area contributed by atoms with Crippen LogP contribution in [0.15, 0.2) is 12.1 Å². The third-order valence-corrected chi connectivity index (χ3v) is 2.74. The Hall–Kier alpha value is -1.69. The number of carboxylic acids is 1. The van der Waals surface area contributed by atoms with Crippen LogP contribution in [-0.2, 0) is 4.79 Å². The first-order valence-corrected chi connectivity index (χ1v) is 5.79. The van der Waals surface area contributed by atoms with E-state index >= 15 is 0 Å². The van der Waals surface area contributed by atoms with Crippen molar-refractivity contribution in [2.24, 2.45) is 0 Å². The number of nitrogens with zero attached hydrogens (tertiary/aromatic N) is 1. The van der Waals surface area contributed by atoms with Gasteiger partial charge in [0.25, 0.3) is 5.91 Å². The molecule has 0 aliphatic carbocycles. The summed E-state index contributed by atoms with van der Waals surface area (Å²) in [5.41, 5.74) is -0.268. The minimum atomic E-state index is -1.22. The molecular formula is C12H12ClF2NO3. The van der Waals surface area contributed by atoms with E-state index < -0.39 is 36.1 Å². The fourth-order valence-corrected chi connectivity index (χ4v) is 1.71. The Morgan fingerprint density at radius 1 is 1.32 bits per heavy atom. The highest BCUT2D eigenvalue weighted by molar-refractivity contribution is 6.33. The van der Waals surface area contributed by atoms with E-state index in [4.69, 9.17) is 16.7 Å². The zero-order chi connectivity index (χ0) is 14.7. The predicted molar refractivity (Wildman–Crippen MR) is 65.2 cm³/mol. The number of hydrogen-bond donors (Lipinski definition) is 1. The molecule has 0 fully saturated rings. The number of carboxylic acid groups (broad SMARTS) is 1. The molecule has 0 heterocycles. The molecule has 4 nitrogen and oxygen atoms in total. The van der Waals surface area contributed by atoms with Crippen molar-refractivity contribution in [3.63, 3.8) is 0 Å². The SMILES string of the molecule is CC(C)N(CC(=O)O)C(=O)c1cc(F)c(F)cc1Cl. The minimum absolute atomic E-state index is 0.264. The van der Waals surface area contributed by atoms with Crippen LogP contribution in [0.2, 0.25) is 5.02 Å². The van der Waals surface area contributed by atoms with Gasteiger partial charge in [-0.05, 0) is 26.0 Å². The van der Waals surface area contributed by atoms with Crippen molar-refractivity contribution in [3.8, 4) is 0 Å². The van der Waals surface area contributed by atoms with Gasteiger partial charge in [-0.3, -0.25) is 9.59 Å². The second kappa shape index (κ2) is 5.97. The quantitative estimate of drug-likeness (QED) is 0.867. The number of amides is 1. The molecule has 1 amide bonds. The molecule has 0 aliphatic rings. The molecule has 0 aromatic heterocycles. The van der Waals surface area contributed by atoms with Crippen LogP contribution in [0.5, 0.6) is 0 Å². The van der Waals surface area contributed by atoms with Crippen LogP contribution in [0.3, 0.4) is 0 Å². The average Bonchev–Trinajstić information content (AvgIpc) is 2.29. The molecule has 1 aromatic carbocycles. The molecule has 0 radical (unpaired) electrons. The summed E-state index contributed by atoms with van der Waals surface area (Å²) in [5, 5.41) is 8.47. The van der Waals surface area contributed by atoms with E-state index in [9.17, 15) is 18.4 Å². The highest BCUT2D eigenvalue weighted by Gasteiger charge is 2.24. The Morgan fingerprint density at radius 2 is 1.84 bits per heavy atom. The Balaban J connectivity index is 3.16. The zero-order valence-corrected chi connectivity index (χ0v) is 11.0. The van der Waals surface area contributed by atoms with Gasteiger partial charge >= 0.3 is 5.97 Å². The van der Waals surface area contributed by atoms with Crippen LogP contribution >= 0.6 is 11.6 Å². The molecular weight excluding hydrogens is 280 g/mol. The van der Waals surface area contributed by atoms with E-state index in [1.54, 1.807) is 13.8 Å². The number of carbonyl (C=O) groups excluding carboxylic acids is 1. The van der Waals surface area contributed by atoms with E-state index in [0.717, 1.165) is 4.90 Å². The summed E-state index contributed by atoms with van der Waals surface area (Å²) in [6.07, 6.45) is 0. The molecule has 7 heteroatoms. The van der Waals surface area contributed by atoms with Gasteiger partial charge in [-0.25, -0.2) is 8.78 Å². The summed E-state index contributed by atoms with van der Waals surface area (Å²) in [6.45, 7) is 2.66. The van der Waals surface area contributed by atoms with Gasteiger partial charge in [0.05, 0.1) is 10.6 Å². The van der Waals surface area contributed by atoms with Crippen molar-refractivity contribution in [3.05, 3.63) is 34.4 Å². The monoisotopic (exact) mass is 291 g/mol. The van der Waals surface area contributed by atoms with Crippen molar-refractivity contribution in [2.75, 3.05) is 6.54 Å². The van der Waals surface area contributed by atoms with Crippen LogP contribution in [0.25, 0.3) is 0 Å². The van der Waals surface area contributed by atoms with E-state index in [1.165, 1.54) is 0 Å². The van der Waals surface area contributed by atoms with E-state index in [-0.39, 0.29) is 10.6 Å². The normalized spacial score (nSPS) is 10.6. The first-order chi connectivity index (χ1) is 8.73. The maximum atomic E-state index is 13.1. The first kappa shape index (κ1) is 15.4. The van der Waals surface area contributed by atoms with Crippen molar-refractivity contribution in [2.45, 2.75) is 19.9 Å². The lowest BCUT2D eigenvalue weighted by Gasteiger charge is -2.25. The van der Waals surface area contributed by atoms with Crippen molar-refractivity contribution in [1.29, 1.82) is 0 Å². The fraction of sp³-hybridized carbons (Fsp3) is 0.333. The van der Waals surface area contributed by atoms with Crippen molar-refractivity contribution < 1.29 is 23.5 Å². The van der Waals surface area contributed by atoms with E-state index in [2.05, 4.69) is 0 Å². The smallest absolute Gasteiger partial charge is 0.323 e. The number of hydrogen-bond acceptors (Lipinski definition) is 2. The maximum Gasteiger partial charge on any atom is 0.323 e. The van der Waals surface area contributed by atoms with Crippen molar-refractivity contribution >= 4 is 23.5 Å². The van der Waals surface area contributed by atoms with Gasteiger partial charge in [-0.2, -0.15) is 0 Å². The lowest BCUT2D eigenvalue weighted by molar-refractivity contribution is -0.138. The van der Waals surface area contributed by atoms with Gasteiger partial charge in [-0.1, -0.05) is 11.6 Å². The number of halogens is 3. The highest BCUT2D eigenvalue weighted by Crippen LogP contribution is 2.22. The number of benzene rings is 1. The molecule has 1 aromatic rings. The van der Waals surface area contributed by atoms with Gasteiger partial charge in [0.15, 0.2) is 11.6 Å². The molecule has 0 spiro atoms. The fourth-order valence-electron chi connectivity index (χ4n) is 1.48. The Bertz CT molecular complexity index is 520. The third kappa shape index (κ3) is 3.64. The highest BCUT2D eigenvalue weighted by atomic mass is 35.5. The van der Waals surface area contributed by atoms with Gasteiger partial charge in [0.1, 0.15) is 6.54 Å². The summed E-state index contributed by atoms with van der Waals surface area (Å²) in [7, 11) is 0. The number of rotatable bonds is 4. The van der Waals surface area contributed by atoms with Gasteiger partial charge in [-0.15, -0.1) is 0 Å². The largest absolute Gasteiger partial charge is 0.480 e. The number of carbonyl (C=O) groups is 2. The summed E-state index contributed by atoms with van der Waals surface area (Å²) in [4.78, 5) is 23.8. The summed E-state index contributed by atoms with van der Waals surface area (Å²) >= 11 is 5.68. The van der Waals surface area contributed by atoms with Gasteiger partial charge in [0.2, 0.25) is 0 Å². The van der Waals surface area contributed by atoms with E-state index in [1.807, 2.05) is 0 Å². The first-order valence-electron chi connectivity index (χ1n) is 5.41. The topological polar surface area (TPSA) is 57.6 Å². The summed E-state index contributed by atoms with van der Waals surface area (Å²) < 4.78 is 26.0. The van der Waals surface area contributed by atoms with Crippen LogP contribution in [0.1, 0.15) is 24.2 Å². The minimum Gasteiger partial charge on any atom is -0.480 e. The molecule has 19 heavy (non-hydrogen) atoms. The van der Waals surface area contributed by atoms with Crippen LogP contribution in [0.4, 0.5) is 8.78 Å². The molecule has 0 saturated heterocycles. The third-order valence-electron chi connectivity index (χ3n) is 2.43. The Kier molecular flexibility index (Phi) is 4.83. The second-order valence-corrected chi connectivity index (χ2v) is 4.57. The van der Waals surface area contributed by atoms with Crippen LogP contribution < -0.4 is 0 Å². The predicted octanol–water partition coefficient (Wildman–Crippen LogP) is 2.55. The lowest BCUT2D eigenvalue weighted by atomic mass is 10.1. The molecule has 0 atom stereocenters. The Labute approximate surface area is 113 Å². The standard InChI is InChI=1S/C12H12ClF2NO3/c1-6(2)16(5-11(17)18)12(19)7-3-9(14)10(15)4-8(7)13/h3-4,6H,5H2,1-2H3,(H,17,18). The molecule has 1 N–H and O–H groups in total. The zero-order valence-electron chi connectivity index (χ0n) is 10.3. The Morgan fingerprint density at radius 3 is 2.32 bits per heavy atom. The van der Waals surface area contributed by atoms with Crippen LogP contribution in [-0.4, -0.2) is 34.5 Å². The number of aliphatic carboxylic acids is 1. The molecule has 0 unspecified atom stereocenters. The van der Waals surface area contributed by atoms with Gasteiger partial charge < -0.3 is 10.0 Å². The average molecular weight is 292 g/mol. The lowest BCUT2D eigenvalue weighted by Crippen LogP contribution is -2.40. The molecule has 0 saturated carbocycles. The maximum absolute atomic E-state index is 13.1. The molecule has 0 bridgehead atoms. The van der Waals surface area contributed by atoms with E-state index in [0.29, 0.717) is 12.1 Å².